The quantitative estimate of drug-likeness (QED) is 0.241. The summed E-state index contributed by atoms with van der Waals surface area (Å²) in [5.41, 5.74) is -0.297. The molecular formula is C28H30F5N7O3S2. The van der Waals surface area contributed by atoms with Gasteiger partial charge in [0, 0.05) is 36.2 Å². The first-order chi connectivity index (χ1) is 21.1. The molecule has 0 spiro atoms. The molecule has 2 bridgehead atoms. The van der Waals surface area contributed by atoms with Crippen molar-refractivity contribution in [2.24, 2.45) is 10.9 Å². The number of carbonyl (C=O) groups is 1. The largest absolute Gasteiger partial charge is 0.408 e. The van der Waals surface area contributed by atoms with Crippen molar-refractivity contribution in [1.82, 2.24) is 29.6 Å². The predicted octanol–water partition coefficient (Wildman–Crippen LogP) is 5.37. The second-order valence-corrected chi connectivity index (χ2v) is 14.7. The lowest BCUT2D eigenvalue weighted by Crippen LogP contribution is -2.44. The van der Waals surface area contributed by atoms with E-state index in [0.717, 1.165) is 0 Å². The zero-order chi connectivity index (χ0) is 32.5. The Kier molecular flexibility index (Phi) is 7.87. The Labute approximate surface area is 259 Å². The van der Waals surface area contributed by atoms with Crippen LogP contribution in [-0.4, -0.2) is 76.3 Å². The van der Waals surface area contributed by atoms with Gasteiger partial charge in [0.15, 0.2) is 10.0 Å². The Morgan fingerprint density at radius 1 is 1.22 bits per heavy atom. The van der Waals surface area contributed by atoms with Crippen LogP contribution in [0.5, 0.6) is 0 Å². The maximum Gasteiger partial charge on any atom is 0.408 e. The minimum atomic E-state index is -4.71. The lowest BCUT2D eigenvalue weighted by Gasteiger charge is -2.35. The fourth-order valence-electron chi connectivity index (χ4n) is 6.19. The lowest BCUT2D eigenvalue weighted by atomic mass is 9.92. The maximum atomic E-state index is 13.9. The molecule has 2 aliphatic heterocycles. The summed E-state index contributed by atoms with van der Waals surface area (Å²) >= 11 is 0.468. The lowest BCUT2D eigenvalue weighted by molar-refractivity contribution is -0.142. The van der Waals surface area contributed by atoms with Gasteiger partial charge in [-0.05, 0) is 49.8 Å². The fourth-order valence-corrected chi connectivity index (χ4v) is 8.34. The highest BCUT2D eigenvalue weighted by Crippen LogP contribution is 2.44. The molecule has 2 unspecified atom stereocenters. The van der Waals surface area contributed by atoms with E-state index < -0.39 is 39.7 Å². The number of hydrogen-bond acceptors (Lipinski definition) is 8. The number of nitrogens with one attached hydrogen (secondary N) is 1. The third-order valence-electron chi connectivity index (χ3n) is 8.28. The maximum absolute atomic E-state index is 13.9. The normalized spacial score (nSPS) is 21.5. The van der Waals surface area contributed by atoms with Crippen LogP contribution < -0.4 is 4.72 Å². The Morgan fingerprint density at radius 3 is 2.53 bits per heavy atom. The molecule has 1 amide bonds. The predicted molar refractivity (Wildman–Crippen MR) is 157 cm³/mol. The second kappa shape index (κ2) is 11.2. The van der Waals surface area contributed by atoms with E-state index in [1.54, 1.807) is 18.7 Å². The molecule has 10 nitrogen and oxygen atoms in total. The molecule has 2 aromatic heterocycles. The van der Waals surface area contributed by atoms with Crippen molar-refractivity contribution in [3.05, 3.63) is 28.8 Å². The Bertz CT molecular complexity index is 1830. The van der Waals surface area contributed by atoms with E-state index in [1.165, 1.54) is 25.4 Å². The molecule has 242 valence electrons. The van der Waals surface area contributed by atoms with Gasteiger partial charge in [-0.25, -0.2) is 17.2 Å². The second-order valence-electron chi connectivity index (χ2n) is 12.0. The van der Waals surface area contributed by atoms with Crippen LogP contribution in [0.1, 0.15) is 62.9 Å². The highest BCUT2D eigenvalue weighted by Gasteiger charge is 2.45. The van der Waals surface area contributed by atoms with E-state index in [4.69, 9.17) is 0 Å². The molecule has 4 heterocycles. The van der Waals surface area contributed by atoms with Crippen molar-refractivity contribution in [2.75, 3.05) is 7.05 Å². The molecule has 3 aliphatic rings. The number of amides is 1. The summed E-state index contributed by atoms with van der Waals surface area (Å²) in [4.78, 5) is 18.5. The van der Waals surface area contributed by atoms with E-state index >= 15 is 0 Å². The molecule has 6 rings (SSSR count). The Balaban J connectivity index is 1.58. The Hall–Kier alpha value is -3.31. The van der Waals surface area contributed by atoms with Crippen LogP contribution in [0.3, 0.4) is 0 Å². The van der Waals surface area contributed by atoms with Crippen molar-refractivity contribution < 1.29 is 35.2 Å². The van der Waals surface area contributed by atoms with Crippen molar-refractivity contribution in [3.63, 3.8) is 0 Å². The number of alkyl halides is 5. The molecule has 1 aliphatic carbocycles. The van der Waals surface area contributed by atoms with Crippen LogP contribution in [0.4, 0.5) is 22.0 Å². The minimum absolute atomic E-state index is 0.00275. The van der Waals surface area contributed by atoms with E-state index in [1.807, 2.05) is 6.08 Å². The number of nitrogens with zero attached hydrogens (tertiary/aromatic N) is 6. The van der Waals surface area contributed by atoms with Crippen LogP contribution in [0.15, 0.2) is 28.1 Å². The van der Waals surface area contributed by atoms with Crippen LogP contribution in [0.2, 0.25) is 0 Å². The van der Waals surface area contributed by atoms with Crippen LogP contribution in [-0.2, 0) is 21.4 Å². The third kappa shape index (κ3) is 6.01. The summed E-state index contributed by atoms with van der Waals surface area (Å²) < 4.78 is 99.5. The number of fused-ring (bicyclic) bond motifs is 3. The zero-order valence-electron chi connectivity index (χ0n) is 24.5. The number of benzene rings is 1. The summed E-state index contributed by atoms with van der Waals surface area (Å²) in [6, 6.07) is 2.00. The van der Waals surface area contributed by atoms with Gasteiger partial charge >= 0.3 is 6.18 Å². The Morgan fingerprint density at radius 2 is 1.96 bits per heavy atom. The van der Waals surface area contributed by atoms with Gasteiger partial charge in [-0.3, -0.25) is 14.5 Å². The first-order valence-corrected chi connectivity index (χ1v) is 16.6. The molecule has 17 heteroatoms. The molecule has 45 heavy (non-hydrogen) atoms. The van der Waals surface area contributed by atoms with Crippen molar-refractivity contribution in [3.8, 4) is 10.7 Å². The van der Waals surface area contributed by atoms with Gasteiger partial charge in [-0.15, -0.1) is 10.2 Å². The third-order valence-corrected chi connectivity index (χ3v) is 10.7. The first kappa shape index (κ1) is 31.7. The molecular weight excluding hydrogens is 641 g/mol. The van der Waals surface area contributed by atoms with E-state index in [9.17, 15) is 35.2 Å². The van der Waals surface area contributed by atoms with Crippen LogP contribution >= 0.6 is 11.3 Å². The molecule has 3 aromatic rings. The van der Waals surface area contributed by atoms with Gasteiger partial charge in [-0.1, -0.05) is 31.3 Å². The van der Waals surface area contributed by atoms with E-state index in [0.29, 0.717) is 47.3 Å². The summed E-state index contributed by atoms with van der Waals surface area (Å²) in [6.07, 6.45) is -1.70. The molecule has 0 radical (unpaired) electrons. The summed E-state index contributed by atoms with van der Waals surface area (Å²) in [5, 5.41) is 10.6. The number of aromatic nitrogens is 4. The van der Waals surface area contributed by atoms with Gasteiger partial charge in [0.2, 0.25) is 15.9 Å². The average Bonchev–Trinajstić information content (AvgIpc) is 3.26. The van der Waals surface area contributed by atoms with Gasteiger partial charge in [0.25, 0.3) is 6.43 Å². The van der Waals surface area contributed by atoms with E-state index in [-0.39, 0.29) is 62.4 Å². The minimum Gasteiger partial charge on any atom is -0.333 e. The molecule has 1 saturated heterocycles. The fraction of sp³-hybridized carbons (Fsp3) is 0.536. The monoisotopic (exact) mass is 671 g/mol. The van der Waals surface area contributed by atoms with Gasteiger partial charge in [-0.2, -0.15) is 23.0 Å². The SMILES string of the molecule is CN=CC1(NS(=O)(=O)c2cc(C3=CC4CCC(C3)N4C(=O)C(C)C)c3c(c2)c(-c2nnc(C(F)F)s2)nn3CC(F)(F)F)CC1. The highest BCUT2D eigenvalue weighted by atomic mass is 32.2. The van der Waals surface area contributed by atoms with Crippen molar-refractivity contribution >= 4 is 50.0 Å². The van der Waals surface area contributed by atoms with Gasteiger partial charge in [0.05, 0.1) is 22.0 Å². The molecule has 2 fully saturated rings. The van der Waals surface area contributed by atoms with E-state index in [2.05, 4.69) is 25.0 Å². The summed E-state index contributed by atoms with van der Waals surface area (Å²) in [7, 11) is -2.73. The summed E-state index contributed by atoms with van der Waals surface area (Å²) in [6.45, 7) is 2.08. The molecule has 1 aromatic carbocycles. The number of hydrogen-bond donors (Lipinski definition) is 1. The zero-order valence-corrected chi connectivity index (χ0v) is 26.1. The summed E-state index contributed by atoms with van der Waals surface area (Å²) in [5.74, 6) is -0.289. The highest BCUT2D eigenvalue weighted by molar-refractivity contribution is 7.89. The van der Waals surface area contributed by atoms with Gasteiger partial charge < -0.3 is 4.90 Å². The number of aliphatic imine (C=N–C) groups is 1. The molecule has 1 saturated carbocycles. The molecule has 1 N–H and O–H groups in total. The average molecular weight is 672 g/mol. The number of halogens is 5. The number of carbonyl (C=O) groups excluding carboxylic acids is 1. The van der Waals surface area contributed by atoms with Crippen molar-refractivity contribution in [2.45, 2.75) is 87.6 Å². The van der Waals surface area contributed by atoms with Crippen LogP contribution in [0.25, 0.3) is 27.2 Å². The number of sulfonamides is 1. The topological polar surface area (TPSA) is 122 Å². The standard InChI is InChI=1S/C28H30F5N7O3S2/c1-14(2)26(41)40-16-4-5-17(40)9-15(8-16)19-10-18(45(42,43)38-27(6-7-27)12-34-3)11-20-21(24-35-36-25(44-24)23(29)30)37-39(22(19)20)13-28(31,32)33/h8,10-12,14,16-17,23,38H,4-7,9,13H2,1-3H3. The van der Waals surface area contributed by atoms with Gasteiger partial charge in [0.1, 0.15) is 12.2 Å². The number of rotatable bonds is 9. The first-order valence-electron chi connectivity index (χ1n) is 14.3. The smallest absolute Gasteiger partial charge is 0.333 e. The molecule has 2 atom stereocenters. The van der Waals surface area contributed by atoms with Crippen molar-refractivity contribution in [1.29, 1.82) is 0 Å². The van der Waals surface area contributed by atoms with Crippen LogP contribution in [0, 0.1) is 5.92 Å².